The number of urea groups is 1. The van der Waals surface area contributed by atoms with Gasteiger partial charge >= 0.3 is 6.03 Å². The Labute approximate surface area is 104 Å². The average Bonchev–Trinajstić information content (AvgIpc) is 2.62. The lowest BCUT2D eigenvalue weighted by molar-refractivity contribution is 0.194. The number of hydrogen-bond donors (Lipinski definition) is 2. The first kappa shape index (κ1) is 14.3. The number of hydrogen-bond acceptors (Lipinski definition) is 2. The van der Waals surface area contributed by atoms with Gasteiger partial charge in [-0.1, -0.05) is 26.2 Å². The molecule has 0 aromatic rings. The Morgan fingerprint density at radius 1 is 1.29 bits per heavy atom. The van der Waals surface area contributed by atoms with Crippen molar-refractivity contribution in [3.8, 4) is 0 Å². The number of carbonyl (C=O) groups excluding carboxylic acids is 1. The Balaban J connectivity index is 2.26. The van der Waals surface area contributed by atoms with Crippen molar-refractivity contribution in [1.82, 2.24) is 10.2 Å². The van der Waals surface area contributed by atoms with Gasteiger partial charge in [0.2, 0.25) is 0 Å². The summed E-state index contributed by atoms with van der Waals surface area (Å²) in [7, 11) is 0. The molecule has 0 spiro atoms. The number of nitrogens with one attached hydrogen (secondary N) is 1. The van der Waals surface area contributed by atoms with Gasteiger partial charge in [-0.15, -0.1) is 0 Å². The first-order chi connectivity index (χ1) is 8.27. The van der Waals surface area contributed by atoms with E-state index >= 15 is 0 Å². The van der Waals surface area contributed by atoms with E-state index in [-0.39, 0.29) is 12.6 Å². The summed E-state index contributed by atoms with van der Waals surface area (Å²) >= 11 is 0. The van der Waals surface area contributed by atoms with E-state index in [9.17, 15) is 4.79 Å². The summed E-state index contributed by atoms with van der Waals surface area (Å²) in [5.74, 6) is 0.399. The Kier molecular flexibility index (Phi) is 7.01. The number of carbonyl (C=O) groups is 1. The standard InChI is InChI=1S/C13H26N2O2/c1-2-12(7-10-16)11-14-13(17)15-8-5-3-4-6-9-15/h12,16H,2-11H2,1H3,(H,14,17). The predicted molar refractivity (Wildman–Crippen MR) is 68.9 cm³/mol. The number of rotatable bonds is 5. The van der Waals surface area contributed by atoms with E-state index in [2.05, 4.69) is 12.2 Å². The molecule has 100 valence electrons. The van der Waals surface area contributed by atoms with Crippen LogP contribution in [0.3, 0.4) is 0 Å². The normalized spacial score (nSPS) is 18.6. The molecule has 1 aliphatic rings. The van der Waals surface area contributed by atoms with Gasteiger partial charge in [-0.25, -0.2) is 4.79 Å². The van der Waals surface area contributed by atoms with Crippen LogP contribution in [0.1, 0.15) is 45.4 Å². The van der Waals surface area contributed by atoms with Gasteiger partial charge in [-0.2, -0.15) is 0 Å². The Bertz CT molecular complexity index is 213. The molecule has 1 rings (SSSR count). The van der Waals surface area contributed by atoms with Gasteiger partial charge < -0.3 is 15.3 Å². The van der Waals surface area contributed by atoms with Crippen molar-refractivity contribution in [2.75, 3.05) is 26.2 Å². The minimum atomic E-state index is 0.0725. The highest BCUT2D eigenvalue weighted by Gasteiger charge is 2.16. The van der Waals surface area contributed by atoms with E-state index in [1.54, 1.807) is 0 Å². The Hall–Kier alpha value is -0.770. The molecule has 17 heavy (non-hydrogen) atoms. The smallest absolute Gasteiger partial charge is 0.317 e. The van der Waals surface area contributed by atoms with E-state index in [0.717, 1.165) is 38.8 Å². The maximum Gasteiger partial charge on any atom is 0.317 e. The first-order valence-electron chi connectivity index (χ1n) is 6.91. The fourth-order valence-electron chi connectivity index (χ4n) is 2.25. The van der Waals surface area contributed by atoms with Crippen LogP contribution >= 0.6 is 0 Å². The zero-order chi connectivity index (χ0) is 12.5. The van der Waals surface area contributed by atoms with Gasteiger partial charge in [0.25, 0.3) is 0 Å². The van der Waals surface area contributed by atoms with Crippen LogP contribution in [0.25, 0.3) is 0 Å². The molecule has 0 saturated carbocycles. The Morgan fingerprint density at radius 3 is 2.47 bits per heavy atom. The molecule has 1 atom stereocenters. The third-order valence-corrected chi connectivity index (χ3v) is 3.55. The van der Waals surface area contributed by atoms with Crippen LogP contribution in [0, 0.1) is 5.92 Å². The number of likely N-dealkylation sites (tertiary alicyclic amines) is 1. The molecule has 0 aromatic carbocycles. The molecule has 4 heteroatoms. The summed E-state index contributed by atoms with van der Waals surface area (Å²) in [4.78, 5) is 13.9. The lowest BCUT2D eigenvalue weighted by Gasteiger charge is -2.22. The molecule has 1 unspecified atom stereocenters. The van der Waals surface area contributed by atoms with Gasteiger partial charge in [-0.05, 0) is 25.2 Å². The summed E-state index contributed by atoms with van der Waals surface area (Å²) < 4.78 is 0. The largest absolute Gasteiger partial charge is 0.396 e. The van der Waals surface area contributed by atoms with Crippen molar-refractivity contribution in [2.45, 2.75) is 45.4 Å². The minimum absolute atomic E-state index is 0.0725. The summed E-state index contributed by atoms with van der Waals surface area (Å²) in [5, 5.41) is 11.9. The van der Waals surface area contributed by atoms with E-state index in [4.69, 9.17) is 5.11 Å². The van der Waals surface area contributed by atoms with Crippen molar-refractivity contribution in [3.63, 3.8) is 0 Å². The summed E-state index contributed by atoms with van der Waals surface area (Å²) in [6, 6.07) is 0.0725. The molecular weight excluding hydrogens is 216 g/mol. The maximum absolute atomic E-state index is 11.9. The van der Waals surface area contributed by atoms with Gasteiger partial charge in [-0.3, -0.25) is 0 Å². The van der Waals surface area contributed by atoms with E-state index in [0.29, 0.717) is 12.5 Å². The van der Waals surface area contributed by atoms with Crippen LogP contribution in [0.4, 0.5) is 4.79 Å². The molecule has 0 aliphatic carbocycles. The van der Waals surface area contributed by atoms with Crippen molar-refractivity contribution in [1.29, 1.82) is 0 Å². The fourth-order valence-corrected chi connectivity index (χ4v) is 2.25. The molecule has 1 aliphatic heterocycles. The van der Waals surface area contributed by atoms with Gasteiger partial charge in [0, 0.05) is 26.2 Å². The van der Waals surface area contributed by atoms with Crippen LogP contribution in [-0.4, -0.2) is 42.3 Å². The molecule has 1 heterocycles. The highest BCUT2D eigenvalue weighted by atomic mass is 16.3. The van der Waals surface area contributed by atoms with E-state index in [1.807, 2.05) is 4.90 Å². The van der Waals surface area contributed by atoms with Crippen LogP contribution in [0.15, 0.2) is 0 Å². The molecule has 1 saturated heterocycles. The summed E-state index contributed by atoms with van der Waals surface area (Å²) in [6.45, 7) is 4.77. The third-order valence-electron chi connectivity index (χ3n) is 3.55. The van der Waals surface area contributed by atoms with Gasteiger partial charge in [0.1, 0.15) is 0 Å². The molecular formula is C13H26N2O2. The van der Waals surface area contributed by atoms with E-state index in [1.165, 1.54) is 12.8 Å². The number of aliphatic hydroxyl groups excluding tert-OH is 1. The quantitative estimate of drug-likeness (QED) is 0.774. The molecule has 1 fully saturated rings. The molecule has 2 N–H and O–H groups in total. The van der Waals surface area contributed by atoms with Gasteiger partial charge in [0.15, 0.2) is 0 Å². The monoisotopic (exact) mass is 242 g/mol. The Morgan fingerprint density at radius 2 is 1.94 bits per heavy atom. The number of nitrogens with zero attached hydrogens (tertiary/aromatic N) is 1. The molecule has 4 nitrogen and oxygen atoms in total. The van der Waals surface area contributed by atoms with E-state index < -0.39 is 0 Å². The second-order valence-corrected chi connectivity index (χ2v) is 4.87. The SMILES string of the molecule is CCC(CCO)CNC(=O)N1CCCCCC1. The van der Waals surface area contributed by atoms with Crippen molar-refractivity contribution in [2.24, 2.45) is 5.92 Å². The van der Waals surface area contributed by atoms with Crippen molar-refractivity contribution >= 4 is 6.03 Å². The minimum Gasteiger partial charge on any atom is -0.396 e. The van der Waals surface area contributed by atoms with Crippen LogP contribution < -0.4 is 5.32 Å². The predicted octanol–water partition coefficient (Wildman–Crippen LogP) is 1.98. The average molecular weight is 242 g/mol. The molecule has 0 aromatic heterocycles. The number of aliphatic hydroxyl groups is 1. The van der Waals surface area contributed by atoms with Crippen molar-refractivity contribution in [3.05, 3.63) is 0 Å². The molecule has 2 amide bonds. The van der Waals surface area contributed by atoms with Gasteiger partial charge in [0.05, 0.1) is 0 Å². The summed E-state index contributed by atoms with van der Waals surface area (Å²) in [6.07, 6.45) is 6.51. The van der Waals surface area contributed by atoms with Crippen LogP contribution in [-0.2, 0) is 0 Å². The zero-order valence-electron chi connectivity index (χ0n) is 11.0. The van der Waals surface area contributed by atoms with Crippen LogP contribution in [0.2, 0.25) is 0 Å². The zero-order valence-corrected chi connectivity index (χ0v) is 11.0. The second-order valence-electron chi connectivity index (χ2n) is 4.87. The second kappa shape index (κ2) is 8.34. The third kappa shape index (κ3) is 5.39. The number of amides is 2. The molecule has 0 bridgehead atoms. The van der Waals surface area contributed by atoms with Crippen LogP contribution in [0.5, 0.6) is 0 Å². The van der Waals surface area contributed by atoms with Crippen molar-refractivity contribution < 1.29 is 9.90 Å². The lowest BCUT2D eigenvalue weighted by Crippen LogP contribution is -2.42. The fraction of sp³-hybridized carbons (Fsp3) is 0.923. The molecule has 0 radical (unpaired) electrons. The summed E-state index contributed by atoms with van der Waals surface area (Å²) in [5.41, 5.74) is 0. The highest BCUT2D eigenvalue weighted by molar-refractivity contribution is 5.74. The highest BCUT2D eigenvalue weighted by Crippen LogP contribution is 2.10. The maximum atomic E-state index is 11.9. The lowest BCUT2D eigenvalue weighted by atomic mass is 10.0. The first-order valence-corrected chi connectivity index (χ1v) is 6.91. The topological polar surface area (TPSA) is 52.6 Å².